The monoisotopic (exact) mass is 120 g/mol. The predicted octanol–water partition coefficient (Wildman–Crippen LogP) is 0.494. The van der Waals surface area contributed by atoms with Gasteiger partial charge in [-0.1, -0.05) is 13.8 Å². The lowest BCUT2D eigenvalue weighted by atomic mass is 9.97. The van der Waals surface area contributed by atoms with Gasteiger partial charge in [0.25, 0.3) is 0 Å². The zero-order chi connectivity index (χ0) is 6.62. The average molecular weight is 120 g/mol. The predicted molar refractivity (Wildman–Crippen MR) is 29.4 cm³/mol. The van der Waals surface area contributed by atoms with Crippen LogP contribution in [0.1, 0.15) is 13.8 Å². The highest BCUT2D eigenvalue weighted by Gasteiger charge is 2.15. The first-order valence-corrected chi connectivity index (χ1v) is 2.49. The molecule has 0 rings (SSSR count). The number of hydrogen-bond donors (Lipinski definition) is 2. The molecule has 0 radical (unpaired) electrons. The molecule has 0 fully saturated rings. The Kier molecular flexibility index (Phi) is 2.97. The van der Waals surface area contributed by atoms with Crippen molar-refractivity contribution in [3.8, 4) is 0 Å². The van der Waals surface area contributed by atoms with E-state index >= 15 is 0 Å². The third-order valence-electron chi connectivity index (χ3n) is 0.883. The number of aliphatic hydroxyl groups is 1. The highest BCUT2D eigenvalue weighted by Crippen LogP contribution is 2.12. The second kappa shape index (κ2) is 3.02. The summed E-state index contributed by atoms with van der Waals surface area (Å²) in [7, 11) is 0. The van der Waals surface area contributed by atoms with Crippen molar-refractivity contribution in [3.63, 3.8) is 0 Å². The van der Waals surface area contributed by atoms with Crippen LogP contribution in [0.15, 0.2) is 0 Å². The first-order chi connectivity index (χ1) is 3.62. The molecule has 0 aliphatic carbocycles. The van der Waals surface area contributed by atoms with Gasteiger partial charge in [0.1, 0.15) is 0 Å². The van der Waals surface area contributed by atoms with E-state index in [0.717, 1.165) is 0 Å². The van der Waals surface area contributed by atoms with Crippen molar-refractivity contribution in [2.24, 2.45) is 5.41 Å². The molecule has 0 aromatic heterocycles. The van der Waals surface area contributed by atoms with E-state index in [1.165, 1.54) is 0 Å². The molecule has 3 heteroatoms. The van der Waals surface area contributed by atoms with E-state index in [2.05, 4.69) is 4.89 Å². The third-order valence-corrected chi connectivity index (χ3v) is 0.883. The Morgan fingerprint density at radius 1 is 1.50 bits per heavy atom. The van der Waals surface area contributed by atoms with Gasteiger partial charge in [0, 0.05) is 5.41 Å². The summed E-state index contributed by atoms with van der Waals surface area (Å²) in [6, 6.07) is 0. The number of aliphatic hydroxyl groups excluding tert-OH is 1. The van der Waals surface area contributed by atoms with Crippen molar-refractivity contribution in [1.29, 1.82) is 0 Å². The molecule has 0 spiro atoms. The van der Waals surface area contributed by atoms with Gasteiger partial charge in [-0.25, -0.2) is 4.89 Å². The van der Waals surface area contributed by atoms with E-state index in [-0.39, 0.29) is 18.6 Å². The quantitative estimate of drug-likeness (QED) is 0.421. The molecule has 0 unspecified atom stereocenters. The van der Waals surface area contributed by atoms with Crippen LogP contribution in [0.5, 0.6) is 0 Å². The van der Waals surface area contributed by atoms with Gasteiger partial charge in [-0.2, -0.15) is 0 Å². The summed E-state index contributed by atoms with van der Waals surface area (Å²) >= 11 is 0. The van der Waals surface area contributed by atoms with Crippen LogP contribution in [-0.4, -0.2) is 23.6 Å². The van der Waals surface area contributed by atoms with Crippen LogP contribution < -0.4 is 0 Å². The van der Waals surface area contributed by atoms with Gasteiger partial charge < -0.3 is 5.11 Å². The minimum atomic E-state index is -0.325. The van der Waals surface area contributed by atoms with Crippen LogP contribution in [0.25, 0.3) is 0 Å². The second-order valence-electron chi connectivity index (χ2n) is 2.60. The number of hydrogen-bond acceptors (Lipinski definition) is 3. The minimum Gasteiger partial charge on any atom is -0.396 e. The Labute approximate surface area is 48.8 Å². The summed E-state index contributed by atoms with van der Waals surface area (Å²) in [5.74, 6) is 0. The highest BCUT2D eigenvalue weighted by atomic mass is 17.1. The molecule has 0 amide bonds. The van der Waals surface area contributed by atoms with Crippen molar-refractivity contribution in [3.05, 3.63) is 0 Å². The molecule has 3 nitrogen and oxygen atoms in total. The molecule has 0 saturated heterocycles. The molecular weight excluding hydrogens is 108 g/mol. The fraction of sp³-hybridized carbons (Fsp3) is 1.00. The maximum Gasteiger partial charge on any atom is 0.0892 e. The molecular formula is C5H12O3. The molecule has 8 heavy (non-hydrogen) atoms. The van der Waals surface area contributed by atoms with Gasteiger partial charge in [-0.05, 0) is 0 Å². The Hall–Kier alpha value is -0.120. The molecule has 0 aromatic carbocycles. The summed E-state index contributed by atoms with van der Waals surface area (Å²) in [5.41, 5.74) is -0.325. The lowest BCUT2D eigenvalue weighted by molar-refractivity contribution is -0.262. The molecule has 50 valence electrons. The standard InChI is InChI=1S/C5H12O3/c1-5(2,3-6)4-8-7/h6-7H,3-4H2,1-2H3. The summed E-state index contributed by atoms with van der Waals surface area (Å²) in [6.07, 6.45) is 0. The van der Waals surface area contributed by atoms with Crippen molar-refractivity contribution in [2.45, 2.75) is 13.8 Å². The SMILES string of the molecule is CC(C)(CO)COO. The molecule has 0 bridgehead atoms. The fourth-order valence-electron chi connectivity index (χ4n) is 0.220. The molecule has 2 N–H and O–H groups in total. The van der Waals surface area contributed by atoms with Crippen LogP contribution in [0.3, 0.4) is 0 Å². The Bertz CT molecular complexity index is 60.7. The van der Waals surface area contributed by atoms with Crippen LogP contribution in [0, 0.1) is 5.41 Å². The lowest BCUT2D eigenvalue weighted by Gasteiger charge is -2.17. The van der Waals surface area contributed by atoms with Gasteiger partial charge in [0.15, 0.2) is 0 Å². The zero-order valence-electron chi connectivity index (χ0n) is 5.22. The summed E-state index contributed by atoms with van der Waals surface area (Å²) < 4.78 is 0. The Morgan fingerprint density at radius 3 is 2.12 bits per heavy atom. The van der Waals surface area contributed by atoms with Gasteiger partial charge in [-0.15, -0.1) is 0 Å². The van der Waals surface area contributed by atoms with Gasteiger partial charge in [0.05, 0.1) is 13.2 Å². The topological polar surface area (TPSA) is 49.7 Å². The van der Waals surface area contributed by atoms with E-state index < -0.39 is 0 Å². The lowest BCUT2D eigenvalue weighted by Crippen LogP contribution is -2.22. The van der Waals surface area contributed by atoms with Crippen LogP contribution >= 0.6 is 0 Å². The van der Waals surface area contributed by atoms with E-state index in [1.54, 1.807) is 13.8 Å². The van der Waals surface area contributed by atoms with Gasteiger partial charge in [0.2, 0.25) is 0 Å². The van der Waals surface area contributed by atoms with Gasteiger partial charge >= 0.3 is 0 Å². The normalized spacial score (nSPS) is 12.0. The maximum atomic E-state index is 8.53. The summed E-state index contributed by atoms with van der Waals surface area (Å²) in [6.45, 7) is 3.78. The molecule has 0 aliphatic rings. The largest absolute Gasteiger partial charge is 0.396 e. The highest BCUT2D eigenvalue weighted by molar-refractivity contribution is 4.63. The Morgan fingerprint density at radius 2 is 2.00 bits per heavy atom. The summed E-state index contributed by atoms with van der Waals surface area (Å²) in [4.78, 5) is 3.84. The maximum absolute atomic E-state index is 8.53. The zero-order valence-corrected chi connectivity index (χ0v) is 5.22. The molecule has 0 atom stereocenters. The molecule has 0 aliphatic heterocycles. The smallest absolute Gasteiger partial charge is 0.0892 e. The van der Waals surface area contributed by atoms with Crippen molar-refractivity contribution in [2.75, 3.05) is 13.2 Å². The minimum absolute atomic E-state index is 0.0214. The van der Waals surface area contributed by atoms with Gasteiger partial charge in [-0.3, -0.25) is 5.26 Å². The Balaban J connectivity index is 3.37. The first kappa shape index (κ1) is 7.88. The van der Waals surface area contributed by atoms with Crippen molar-refractivity contribution in [1.82, 2.24) is 0 Å². The van der Waals surface area contributed by atoms with E-state index in [0.29, 0.717) is 0 Å². The summed E-state index contributed by atoms with van der Waals surface area (Å²) in [5, 5.41) is 16.5. The first-order valence-electron chi connectivity index (χ1n) is 2.49. The van der Waals surface area contributed by atoms with E-state index in [1.807, 2.05) is 0 Å². The second-order valence-corrected chi connectivity index (χ2v) is 2.60. The van der Waals surface area contributed by atoms with E-state index in [9.17, 15) is 0 Å². The molecule has 0 saturated carbocycles. The van der Waals surface area contributed by atoms with Crippen molar-refractivity contribution < 1.29 is 15.3 Å². The molecule has 0 heterocycles. The average Bonchev–Trinajstić information content (AvgIpc) is 1.67. The van der Waals surface area contributed by atoms with Crippen LogP contribution in [-0.2, 0) is 4.89 Å². The number of rotatable bonds is 3. The van der Waals surface area contributed by atoms with Crippen molar-refractivity contribution >= 4 is 0 Å². The van der Waals surface area contributed by atoms with Crippen LogP contribution in [0.2, 0.25) is 0 Å². The van der Waals surface area contributed by atoms with Crippen LogP contribution in [0.4, 0.5) is 0 Å². The third kappa shape index (κ3) is 2.96. The fourth-order valence-corrected chi connectivity index (χ4v) is 0.220. The molecule has 0 aromatic rings. The van der Waals surface area contributed by atoms with E-state index in [4.69, 9.17) is 10.4 Å².